The molecule has 0 saturated carbocycles. The van der Waals surface area contributed by atoms with Gasteiger partial charge in [-0.3, -0.25) is 0 Å². The van der Waals surface area contributed by atoms with Gasteiger partial charge in [0.2, 0.25) is 0 Å². The van der Waals surface area contributed by atoms with Crippen LogP contribution in [0.2, 0.25) is 0 Å². The molecule has 21 heavy (non-hydrogen) atoms. The molecule has 1 rings (SSSR count). The van der Waals surface area contributed by atoms with Crippen molar-refractivity contribution >= 4 is 18.4 Å². The maximum Gasteiger partial charge on any atom is 0.341 e. The van der Waals surface area contributed by atoms with Crippen molar-refractivity contribution in [1.82, 2.24) is 5.32 Å². The molecule has 5 nitrogen and oxygen atoms in total. The van der Waals surface area contributed by atoms with Gasteiger partial charge in [-0.15, -0.1) is 12.4 Å². The normalized spacial score (nSPS) is 10.2. The first-order valence-electron chi connectivity index (χ1n) is 6.84. The van der Waals surface area contributed by atoms with Crippen LogP contribution >= 0.6 is 12.4 Å². The number of carboxylic acid groups (broad SMARTS) is 1. The number of hydrogen-bond donors (Lipinski definition) is 2. The predicted octanol–water partition coefficient (Wildman–Crippen LogP) is 2.48. The van der Waals surface area contributed by atoms with Crippen LogP contribution in [-0.4, -0.2) is 36.9 Å². The Labute approximate surface area is 132 Å². The summed E-state index contributed by atoms with van der Waals surface area (Å²) in [5, 5.41) is 11.8. The van der Waals surface area contributed by atoms with E-state index in [1.54, 1.807) is 12.1 Å². The molecule has 0 aliphatic heterocycles. The number of carboxylic acids is 1. The number of nitrogens with one attached hydrogen (secondary N) is 1. The van der Waals surface area contributed by atoms with Crippen molar-refractivity contribution in [3.8, 4) is 5.75 Å². The molecule has 0 spiro atoms. The summed E-state index contributed by atoms with van der Waals surface area (Å²) in [5.74, 6) is -0.402. The molecular weight excluding hydrogens is 294 g/mol. The van der Waals surface area contributed by atoms with Crippen LogP contribution < -0.4 is 10.1 Å². The average molecular weight is 318 g/mol. The zero-order valence-electron chi connectivity index (χ0n) is 12.5. The molecule has 6 heteroatoms. The van der Waals surface area contributed by atoms with Gasteiger partial charge in [-0.2, -0.15) is 0 Å². The lowest BCUT2D eigenvalue weighted by atomic mass is 10.2. The van der Waals surface area contributed by atoms with Crippen molar-refractivity contribution in [3.05, 3.63) is 29.8 Å². The highest BCUT2D eigenvalue weighted by Crippen LogP contribution is 2.11. The van der Waals surface area contributed by atoms with E-state index >= 15 is 0 Å². The van der Waals surface area contributed by atoms with Crippen LogP contribution in [0.1, 0.15) is 25.8 Å². The Morgan fingerprint density at radius 1 is 1.29 bits per heavy atom. The summed E-state index contributed by atoms with van der Waals surface area (Å²) in [4.78, 5) is 10.4. The van der Waals surface area contributed by atoms with Crippen molar-refractivity contribution in [1.29, 1.82) is 0 Å². The van der Waals surface area contributed by atoms with Gasteiger partial charge in [0.15, 0.2) is 6.61 Å². The first-order chi connectivity index (χ1) is 9.58. The van der Waals surface area contributed by atoms with E-state index in [0.29, 0.717) is 5.75 Å². The van der Waals surface area contributed by atoms with Crippen LogP contribution in [0.5, 0.6) is 5.75 Å². The second-order valence-electron chi connectivity index (χ2n) is 4.78. The summed E-state index contributed by atoms with van der Waals surface area (Å²) in [6.07, 6.45) is 1.27. The highest BCUT2D eigenvalue weighted by Gasteiger charge is 1.99. The zero-order valence-corrected chi connectivity index (χ0v) is 13.3. The number of ether oxygens (including phenoxy) is 2. The topological polar surface area (TPSA) is 67.8 Å². The van der Waals surface area contributed by atoms with E-state index in [1.165, 1.54) is 0 Å². The molecule has 0 amide bonds. The first kappa shape index (κ1) is 19.7. The summed E-state index contributed by atoms with van der Waals surface area (Å²) in [5.41, 5.74) is 1.14. The summed E-state index contributed by atoms with van der Waals surface area (Å²) in [7, 11) is 0. The molecule has 0 aliphatic rings. The molecule has 1 aromatic carbocycles. The molecular formula is C15H24ClNO4. The molecule has 0 aliphatic carbocycles. The minimum Gasteiger partial charge on any atom is -0.482 e. The van der Waals surface area contributed by atoms with Gasteiger partial charge >= 0.3 is 5.97 Å². The molecule has 0 aromatic heterocycles. The van der Waals surface area contributed by atoms with Crippen LogP contribution in [0.25, 0.3) is 0 Å². The van der Waals surface area contributed by atoms with Crippen molar-refractivity contribution in [2.75, 3.05) is 19.8 Å². The molecule has 0 heterocycles. The minimum absolute atomic E-state index is 0. The monoisotopic (exact) mass is 317 g/mol. The largest absolute Gasteiger partial charge is 0.482 e. The number of benzene rings is 1. The Morgan fingerprint density at radius 3 is 2.52 bits per heavy atom. The van der Waals surface area contributed by atoms with Gasteiger partial charge in [0.25, 0.3) is 0 Å². The third kappa shape index (κ3) is 10.1. The fourth-order valence-corrected chi connectivity index (χ4v) is 1.60. The predicted molar refractivity (Wildman–Crippen MR) is 84.2 cm³/mol. The third-order valence-electron chi connectivity index (χ3n) is 2.56. The van der Waals surface area contributed by atoms with Gasteiger partial charge in [-0.05, 0) is 44.5 Å². The van der Waals surface area contributed by atoms with E-state index in [9.17, 15) is 4.79 Å². The van der Waals surface area contributed by atoms with Gasteiger partial charge in [-0.25, -0.2) is 4.79 Å². The fraction of sp³-hybridized carbons (Fsp3) is 0.533. The van der Waals surface area contributed by atoms with Gasteiger partial charge in [-0.1, -0.05) is 12.1 Å². The average Bonchev–Trinajstić information content (AvgIpc) is 2.41. The van der Waals surface area contributed by atoms with Crippen molar-refractivity contribution in [2.45, 2.75) is 32.9 Å². The molecule has 2 N–H and O–H groups in total. The standard InChI is InChI=1S/C15H23NO4.ClH/c1-12(2)19-9-3-8-16-10-13-4-6-14(7-5-13)20-11-15(17)18;/h4-7,12,16H,3,8-11H2,1-2H3,(H,17,18);1H. The van der Waals surface area contributed by atoms with E-state index in [4.69, 9.17) is 14.6 Å². The highest BCUT2D eigenvalue weighted by molar-refractivity contribution is 5.85. The lowest BCUT2D eigenvalue weighted by molar-refractivity contribution is -0.139. The maximum absolute atomic E-state index is 10.4. The van der Waals surface area contributed by atoms with E-state index < -0.39 is 5.97 Å². The smallest absolute Gasteiger partial charge is 0.341 e. The molecule has 0 fully saturated rings. The lowest BCUT2D eigenvalue weighted by Crippen LogP contribution is -2.17. The third-order valence-corrected chi connectivity index (χ3v) is 2.56. The van der Waals surface area contributed by atoms with Crippen LogP contribution in [0.3, 0.4) is 0 Å². The summed E-state index contributed by atoms with van der Waals surface area (Å²) in [6, 6.07) is 7.41. The summed E-state index contributed by atoms with van der Waals surface area (Å²) in [6.45, 7) is 6.20. The SMILES string of the molecule is CC(C)OCCCNCc1ccc(OCC(=O)O)cc1.Cl. The number of rotatable bonds is 10. The van der Waals surface area contributed by atoms with E-state index in [1.807, 2.05) is 26.0 Å². The first-order valence-corrected chi connectivity index (χ1v) is 6.84. The van der Waals surface area contributed by atoms with Gasteiger partial charge in [0.1, 0.15) is 5.75 Å². The number of aliphatic carboxylic acids is 1. The fourth-order valence-electron chi connectivity index (χ4n) is 1.60. The van der Waals surface area contributed by atoms with Crippen molar-refractivity contribution in [3.63, 3.8) is 0 Å². The Hall–Kier alpha value is -1.30. The van der Waals surface area contributed by atoms with Crippen molar-refractivity contribution < 1.29 is 19.4 Å². The lowest BCUT2D eigenvalue weighted by Gasteiger charge is -2.09. The van der Waals surface area contributed by atoms with Crippen LogP contribution in [0.4, 0.5) is 0 Å². The maximum atomic E-state index is 10.4. The van der Waals surface area contributed by atoms with E-state index in [2.05, 4.69) is 5.32 Å². The van der Waals surface area contributed by atoms with Gasteiger partial charge in [0.05, 0.1) is 6.10 Å². The Kier molecular flexibility index (Phi) is 10.7. The quantitative estimate of drug-likeness (QED) is 0.649. The molecule has 1 aromatic rings. The number of hydrogen-bond acceptors (Lipinski definition) is 4. The molecule has 0 bridgehead atoms. The minimum atomic E-state index is -0.973. The van der Waals surface area contributed by atoms with E-state index in [-0.39, 0.29) is 25.1 Å². The van der Waals surface area contributed by atoms with Crippen LogP contribution in [-0.2, 0) is 16.1 Å². The Bertz CT molecular complexity index is 395. The summed E-state index contributed by atoms with van der Waals surface area (Å²) < 4.78 is 10.5. The Balaban J connectivity index is 0.00000400. The second-order valence-corrected chi connectivity index (χ2v) is 4.78. The van der Waals surface area contributed by atoms with Gasteiger partial charge in [0, 0.05) is 13.2 Å². The highest BCUT2D eigenvalue weighted by atomic mass is 35.5. The van der Waals surface area contributed by atoms with E-state index in [0.717, 1.165) is 31.7 Å². The molecule has 0 radical (unpaired) electrons. The zero-order chi connectivity index (χ0) is 14.8. The molecule has 0 unspecified atom stereocenters. The van der Waals surface area contributed by atoms with Crippen LogP contribution in [0.15, 0.2) is 24.3 Å². The number of halogens is 1. The Morgan fingerprint density at radius 2 is 1.95 bits per heavy atom. The van der Waals surface area contributed by atoms with Crippen LogP contribution in [0, 0.1) is 0 Å². The van der Waals surface area contributed by atoms with Crippen molar-refractivity contribution in [2.24, 2.45) is 0 Å². The second kappa shape index (κ2) is 11.4. The van der Waals surface area contributed by atoms with Gasteiger partial charge < -0.3 is 19.9 Å². The molecule has 0 saturated heterocycles. The summed E-state index contributed by atoms with van der Waals surface area (Å²) >= 11 is 0. The molecule has 0 atom stereocenters. The molecule has 120 valence electrons. The number of carbonyl (C=O) groups is 1.